The maximum atomic E-state index is 13.4. The van der Waals surface area contributed by atoms with Gasteiger partial charge in [0.25, 0.3) is 5.91 Å². The molecule has 9 nitrogen and oxygen atoms in total. The number of para-hydroxylation sites is 3. The number of nitrogens with two attached hydrogens (primary N) is 1. The number of nitrogens with zero attached hydrogens (tertiary/aromatic N) is 3. The number of fused-ring (bicyclic) bond motifs is 3. The molecule has 0 aliphatic heterocycles. The number of phenolic OH excluding ortho intramolecular Hbond substituents is 1. The number of hydrogen-bond donors (Lipinski definition) is 3. The van der Waals surface area contributed by atoms with E-state index >= 15 is 0 Å². The Morgan fingerprint density at radius 2 is 1.78 bits per heavy atom. The number of amides is 1. The summed E-state index contributed by atoms with van der Waals surface area (Å²) in [6.45, 7) is 0. The van der Waals surface area contributed by atoms with Crippen LogP contribution >= 0.6 is 0 Å². The van der Waals surface area contributed by atoms with Gasteiger partial charge in [-0.25, -0.2) is 4.79 Å². The third kappa shape index (κ3) is 3.40. The normalized spacial score (nSPS) is 10.9. The average Bonchev–Trinajstić information content (AvgIpc) is 3.37. The number of carbonyl (C=O) groups is 2. The molecule has 0 bridgehead atoms. The highest BCUT2D eigenvalue weighted by atomic mass is 16.5. The maximum absolute atomic E-state index is 13.4. The standard InChI is InChI=1S/C27H21N5O4/c1-31-20-9-5-3-7-16(20)17-11-18(23(33)12-22(17)31)26(34)30-19-8-4-6-10-21(19)32-14-15(13-28)24(29)25(32)27(35)36-2/h3-12,14,33H,29H2,1-2H3,(H,30,34). The zero-order valence-corrected chi connectivity index (χ0v) is 19.4. The molecule has 0 atom stereocenters. The molecule has 178 valence electrons. The fraction of sp³-hybridized carbons (Fsp3) is 0.0741. The highest BCUT2D eigenvalue weighted by molar-refractivity contribution is 6.14. The number of carbonyl (C=O) groups excluding carboxylic acids is 2. The number of methoxy groups -OCH3 is 1. The van der Waals surface area contributed by atoms with Gasteiger partial charge >= 0.3 is 5.97 Å². The molecule has 0 unspecified atom stereocenters. The Kier molecular flexibility index (Phi) is 5.34. The summed E-state index contributed by atoms with van der Waals surface area (Å²) in [6, 6.07) is 19.7. The Morgan fingerprint density at radius 1 is 1.06 bits per heavy atom. The van der Waals surface area contributed by atoms with Crippen LogP contribution in [0.4, 0.5) is 11.4 Å². The van der Waals surface area contributed by atoms with Gasteiger partial charge in [-0.3, -0.25) is 4.79 Å². The SMILES string of the molecule is COC(=O)c1c(N)c(C#N)cn1-c1ccccc1NC(=O)c1cc2c3ccccc3n(C)c2cc1O. The summed E-state index contributed by atoms with van der Waals surface area (Å²) in [6.07, 6.45) is 1.41. The predicted molar refractivity (Wildman–Crippen MR) is 136 cm³/mol. The molecule has 5 aromatic rings. The number of aryl methyl sites for hydroxylation is 1. The van der Waals surface area contributed by atoms with E-state index in [0.717, 1.165) is 21.8 Å². The first-order valence-corrected chi connectivity index (χ1v) is 11.0. The van der Waals surface area contributed by atoms with Gasteiger partial charge in [-0.1, -0.05) is 30.3 Å². The number of benzene rings is 3. The van der Waals surface area contributed by atoms with Gasteiger partial charge in [0.15, 0.2) is 5.69 Å². The summed E-state index contributed by atoms with van der Waals surface area (Å²) in [5.74, 6) is -1.44. The van der Waals surface area contributed by atoms with E-state index in [-0.39, 0.29) is 28.3 Å². The molecule has 0 aliphatic rings. The quantitative estimate of drug-likeness (QED) is 0.329. The highest BCUT2D eigenvalue weighted by Crippen LogP contribution is 2.34. The number of nitrogen functional groups attached to an aromatic ring is 1. The number of ether oxygens (including phenoxy) is 1. The molecule has 36 heavy (non-hydrogen) atoms. The maximum Gasteiger partial charge on any atom is 0.357 e. The molecule has 4 N–H and O–H groups in total. The molecule has 0 radical (unpaired) electrons. The van der Waals surface area contributed by atoms with Gasteiger partial charge in [0, 0.05) is 35.6 Å². The van der Waals surface area contributed by atoms with E-state index in [1.807, 2.05) is 41.9 Å². The van der Waals surface area contributed by atoms with Crippen LogP contribution in [0.3, 0.4) is 0 Å². The number of rotatable bonds is 4. The zero-order valence-electron chi connectivity index (χ0n) is 19.4. The number of nitrogens with one attached hydrogen (secondary N) is 1. The van der Waals surface area contributed by atoms with Crippen LogP contribution in [-0.2, 0) is 11.8 Å². The molecular weight excluding hydrogens is 458 g/mol. The minimum absolute atomic E-state index is 0.0236. The summed E-state index contributed by atoms with van der Waals surface area (Å²) < 4.78 is 8.21. The van der Waals surface area contributed by atoms with Crippen LogP contribution in [0, 0.1) is 11.3 Å². The molecule has 0 saturated heterocycles. The second-order valence-corrected chi connectivity index (χ2v) is 8.21. The lowest BCUT2D eigenvalue weighted by Crippen LogP contribution is -2.16. The van der Waals surface area contributed by atoms with Gasteiger partial charge in [-0.05, 0) is 24.3 Å². The second-order valence-electron chi connectivity index (χ2n) is 8.21. The van der Waals surface area contributed by atoms with Crippen molar-refractivity contribution in [2.75, 3.05) is 18.2 Å². The van der Waals surface area contributed by atoms with Crippen LogP contribution < -0.4 is 11.1 Å². The first-order chi connectivity index (χ1) is 17.3. The van der Waals surface area contributed by atoms with Gasteiger partial charge in [-0.2, -0.15) is 5.26 Å². The molecule has 0 spiro atoms. The molecule has 2 heterocycles. The fourth-order valence-electron chi connectivity index (χ4n) is 4.46. The number of phenols is 1. The second kappa shape index (κ2) is 8.52. The Bertz CT molecular complexity index is 1740. The topological polar surface area (TPSA) is 135 Å². The molecule has 0 aliphatic carbocycles. The Morgan fingerprint density at radius 3 is 2.53 bits per heavy atom. The van der Waals surface area contributed by atoms with Gasteiger partial charge in [0.1, 0.15) is 11.8 Å². The molecular formula is C27H21N5O4. The number of hydrogen-bond acceptors (Lipinski definition) is 6. The number of nitriles is 1. The molecule has 3 aromatic carbocycles. The Hall–Kier alpha value is -5.23. The van der Waals surface area contributed by atoms with Crippen molar-refractivity contribution in [3.63, 3.8) is 0 Å². The largest absolute Gasteiger partial charge is 0.507 e. The molecule has 1 amide bonds. The number of esters is 1. The minimum atomic E-state index is -0.728. The summed E-state index contributed by atoms with van der Waals surface area (Å²) in [4.78, 5) is 25.8. The number of aromatic nitrogens is 2. The Balaban J connectivity index is 1.60. The smallest absolute Gasteiger partial charge is 0.357 e. The zero-order chi connectivity index (χ0) is 25.6. The van der Waals surface area contributed by atoms with Crippen molar-refractivity contribution in [1.29, 1.82) is 5.26 Å². The first-order valence-electron chi connectivity index (χ1n) is 11.0. The predicted octanol–water partition coefficient (Wildman–Crippen LogP) is 4.32. The van der Waals surface area contributed by atoms with Crippen LogP contribution in [0.5, 0.6) is 5.75 Å². The van der Waals surface area contributed by atoms with E-state index in [4.69, 9.17) is 10.5 Å². The molecule has 5 rings (SSSR count). The van der Waals surface area contributed by atoms with Crippen LogP contribution in [0.25, 0.3) is 27.5 Å². The molecule has 0 fully saturated rings. The van der Waals surface area contributed by atoms with Gasteiger partial charge in [0.2, 0.25) is 0 Å². The van der Waals surface area contributed by atoms with Crippen molar-refractivity contribution in [1.82, 2.24) is 9.13 Å². The van der Waals surface area contributed by atoms with Crippen molar-refractivity contribution >= 4 is 45.1 Å². The summed E-state index contributed by atoms with van der Waals surface area (Å²) in [5.41, 5.74) is 8.65. The molecule has 2 aromatic heterocycles. The third-order valence-electron chi connectivity index (χ3n) is 6.23. The van der Waals surface area contributed by atoms with Gasteiger partial charge < -0.3 is 30.0 Å². The number of aromatic hydroxyl groups is 1. The molecule has 0 saturated carbocycles. The molecule has 9 heteroatoms. The lowest BCUT2D eigenvalue weighted by Gasteiger charge is -2.15. The summed E-state index contributed by atoms with van der Waals surface area (Å²) in [5, 5.41) is 24.7. The van der Waals surface area contributed by atoms with E-state index in [1.54, 1.807) is 36.4 Å². The van der Waals surface area contributed by atoms with E-state index in [9.17, 15) is 20.0 Å². The first kappa shape index (κ1) is 22.6. The fourth-order valence-corrected chi connectivity index (χ4v) is 4.46. The van der Waals surface area contributed by atoms with Crippen molar-refractivity contribution in [2.24, 2.45) is 7.05 Å². The van der Waals surface area contributed by atoms with E-state index < -0.39 is 11.9 Å². The summed E-state index contributed by atoms with van der Waals surface area (Å²) >= 11 is 0. The van der Waals surface area contributed by atoms with Crippen molar-refractivity contribution in [2.45, 2.75) is 0 Å². The van der Waals surface area contributed by atoms with Crippen molar-refractivity contribution in [3.05, 3.63) is 83.7 Å². The lowest BCUT2D eigenvalue weighted by molar-refractivity contribution is 0.0593. The van der Waals surface area contributed by atoms with Crippen molar-refractivity contribution in [3.8, 4) is 17.5 Å². The van der Waals surface area contributed by atoms with Crippen LogP contribution in [0.15, 0.2) is 66.9 Å². The third-order valence-corrected chi connectivity index (χ3v) is 6.23. The minimum Gasteiger partial charge on any atom is -0.507 e. The number of anilines is 2. The van der Waals surface area contributed by atoms with Crippen LogP contribution in [-0.4, -0.2) is 33.2 Å². The van der Waals surface area contributed by atoms with E-state index in [1.165, 1.54) is 17.9 Å². The lowest BCUT2D eigenvalue weighted by atomic mass is 10.1. The summed E-state index contributed by atoms with van der Waals surface area (Å²) in [7, 11) is 3.11. The van der Waals surface area contributed by atoms with Crippen LogP contribution in [0.1, 0.15) is 26.4 Å². The van der Waals surface area contributed by atoms with E-state index in [2.05, 4.69) is 5.32 Å². The highest BCUT2D eigenvalue weighted by Gasteiger charge is 2.24. The average molecular weight is 479 g/mol. The van der Waals surface area contributed by atoms with Crippen molar-refractivity contribution < 1.29 is 19.4 Å². The van der Waals surface area contributed by atoms with Gasteiger partial charge in [0.05, 0.1) is 40.8 Å². The van der Waals surface area contributed by atoms with Crippen LogP contribution in [0.2, 0.25) is 0 Å². The van der Waals surface area contributed by atoms with Gasteiger partial charge in [-0.15, -0.1) is 0 Å². The Labute approximate surface area is 205 Å². The van der Waals surface area contributed by atoms with E-state index in [0.29, 0.717) is 11.4 Å². The monoisotopic (exact) mass is 479 g/mol.